The second-order valence-corrected chi connectivity index (χ2v) is 4.43. The minimum Gasteiger partial charge on any atom is -0.486 e. The molecule has 1 aliphatic heterocycles. The maximum Gasteiger partial charge on any atom is 0.267 e. The lowest BCUT2D eigenvalue weighted by Crippen LogP contribution is -2.28. The number of fused-ring (bicyclic) bond motifs is 1. The summed E-state index contributed by atoms with van der Waals surface area (Å²) in [7, 11) is 0. The first-order valence-electron chi connectivity index (χ1n) is 6.44. The van der Waals surface area contributed by atoms with E-state index < -0.39 is 0 Å². The highest BCUT2D eigenvalue weighted by Crippen LogP contribution is 2.32. The van der Waals surface area contributed by atoms with Crippen LogP contribution >= 0.6 is 0 Å². The van der Waals surface area contributed by atoms with Gasteiger partial charge in [-0.15, -0.1) is 0 Å². The molecule has 0 radical (unpaired) electrons. The van der Waals surface area contributed by atoms with E-state index in [1.165, 1.54) is 18.3 Å². The Morgan fingerprint density at radius 2 is 2.05 bits per heavy atom. The molecule has 1 N–H and O–H groups in total. The summed E-state index contributed by atoms with van der Waals surface area (Å²) in [6, 6.07) is 8.01. The Balaban J connectivity index is 1.70. The van der Waals surface area contributed by atoms with Crippen molar-refractivity contribution in [1.29, 1.82) is 0 Å². The Labute approximate surface area is 120 Å². The van der Waals surface area contributed by atoms with E-state index in [1.807, 2.05) is 0 Å². The molecule has 3 rings (SSSR count). The lowest BCUT2D eigenvalue weighted by Gasteiger charge is -2.19. The molecule has 0 atom stereocenters. The van der Waals surface area contributed by atoms with E-state index in [2.05, 4.69) is 10.4 Å². The predicted octanol–water partition coefficient (Wildman–Crippen LogP) is 0.653. The number of carbonyl (C=O) groups excluding carboxylic acids is 1. The molecule has 0 saturated heterocycles. The first-order chi connectivity index (χ1) is 10.2. The SMILES string of the molecule is O=C(Cn1ncccc1=O)Nc1ccc2c(c1)OCCO2. The van der Waals surface area contributed by atoms with Crippen LogP contribution in [0.4, 0.5) is 5.69 Å². The summed E-state index contributed by atoms with van der Waals surface area (Å²) < 4.78 is 11.9. The Bertz CT molecular complexity index is 726. The van der Waals surface area contributed by atoms with E-state index in [-0.39, 0.29) is 18.0 Å². The topological polar surface area (TPSA) is 82.5 Å². The number of nitrogens with zero attached hydrogens (tertiary/aromatic N) is 2. The van der Waals surface area contributed by atoms with Crippen molar-refractivity contribution in [1.82, 2.24) is 9.78 Å². The highest BCUT2D eigenvalue weighted by atomic mass is 16.6. The lowest BCUT2D eigenvalue weighted by atomic mass is 10.2. The van der Waals surface area contributed by atoms with Crippen LogP contribution in [0.3, 0.4) is 0 Å². The highest BCUT2D eigenvalue weighted by molar-refractivity contribution is 5.90. The van der Waals surface area contributed by atoms with Crippen molar-refractivity contribution in [2.75, 3.05) is 18.5 Å². The monoisotopic (exact) mass is 287 g/mol. The fraction of sp³-hybridized carbons (Fsp3) is 0.214. The summed E-state index contributed by atoms with van der Waals surface area (Å²) in [5.41, 5.74) is 0.253. The average Bonchev–Trinajstić information content (AvgIpc) is 2.49. The number of hydrogen-bond acceptors (Lipinski definition) is 5. The maximum absolute atomic E-state index is 11.9. The third-order valence-corrected chi connectivity index (χ3v) is 2.90. The number of ether oxygens (including phenoxy) is 2. The van der Waals surface area contributed by atoms with Crippen molar-refractivity contribution in [3.05, 3.63) is 46.9 Å². The molecule has 108 valence electrons. The van der Waals surface area contributed by atoms with Gasteiger partial charge in [-0.3, -0.25) is 9.59 Å². The molecule has 7 nitrogen and oxygen atoms in total. The van der Waals surface area contributed by atoms with E-state index in [9.17, 15) is 9.59 Å². The van der Waals surface area contributed by atoms with Crippen LogP contribution in [0.5, 0.6) is 11.5 Å². The van der Waals surface area contributed by atoms with E-state index in [4.69, 9.17) is 9.47 Å². The summed E-state index contributed by atoms with van der Waals surface area (Å²) in [5, 5.41) is 6.52. The van der Waals surface area contributed by atoms with Gasteiger partial charge in [0.1, 0.15) is 19.8 Å². The summed E-state index contributed by atoms with van der Waals surface area (Å²) in [4.78, 5) is 23.4. The third kappa shape index (κ3) is 3.02. The number of nitrogens with one attached hydrogen (secondary N) is 1. The number of aromatic nitrogens is 2. The molecule has 2 heterocycles. The number of anilines is 1. The van der Waals surface area contributed by atoms with Crippen LogP contribution in [0.1, 0.15) is 0 Å². The highest BCUT2D eigenvalue weighted by Gasteiger charge is 2.13. The van der Waals surface area contributed by atoms with Crippen LogP contribution in [0, 0.1) is 0 Å². The molecule has 0 fully saturated rings. The Kier molecular flexibility index (Phi) is 3.55. The zero-order valence-corrected chi connectivity index (χ0v) is 11.1. The van der Waals surface area contributed by atoms with Crippen LogP contribution in [0.2, 0.25) is 0 Å². The molecule has 1 aromatic carbocycles. The number of rotatable bonds is 3. The molecule has 1 amide bonds. The zero-order valence-electron chi connectivity index (χ0n) is 11.1. The summed E-state index contributed by atoms with van der Waals surface area (Å²) in [6.45, 7) is 0.850. The smallest absolute Gasteiger partial charge is 0.267 e. The number of hydrogen-bond donors (Lipinski definition) is 1. The fourth-order valence-electron chi connectivity index (χ4n) is 1.96. The van der Waals surface area contributed by atoms with E-state index in [0.717, 1.165) is 4.68 Å². The van der Waals surface area contributed by atoms with Gasteiger partial charge in [0.2, 0.25) is 5.91 Å². The average molecular weight is 287 g/mol. The van der Waals surface area contributed by atoms with Gasteiger partial charge in [0, 0.05) is 24.0 Å². The van der Waals surface area contributed by atoms with Gasteiger partial charge < -0.3 is 14.8 Å². The molecule has 2 aromatic rings. The summed E-state index contributed by atoms with van der Waals surface area (Å²) in [6.07, 6.45) is 1.46. The molecule has 1 aromatic heterocycles. The molecular formula is C14H13N3O4. The lowest BCUT2D eigenvalue weighted by molar-refractivity contribution is -0.117. The molecule has 0 bridgehead atoms. The maximum atomic E-state index is 11.9. The van der Waals surface area contributed by atoms with Crippen LogP contribution in [0.25, 0.3) is 0 Å². The van der Waals surface area contributed by atoms with Crippen LogP contribution in [-0.2, 0) is 11.3 Å². The molecule has 0 unspecified atom stereocenters. The van der Waals surface area contributed by atoms with Crippen molar-refractivity contribution < 1.29 is 14.3 Å². The third-order valence-electron chi connectivity index (χ3n) is 2.90. The number of benzene rings is 1. The minimum atomic E-state index is -0.340. The minimum absolute atomic E-state index is 0.145. The quantitative estimate of drug-likeness (QED) is 0.896. The van der Waals surface area contributed by atoms with E-state index in [0.29, 0.717) is 30.4 Å². The van der Waals surface area contributed by atoms with Crippen LogP contribution < -0.4 is 20.3 Å². The molecule has 21 heavy (non-hydrogen) atoms. The van der Waals surface area contributed by atoms with Crippen molar-refractivity contribution in [3.8, 4) is 11.5 Å². The summed E-state index contributed by atoms with van der Waals surface area (Å²) in [5.74, 6) is 0.904. The van der Waals surface area contributed by atoms with Crippen molar-refractivity contribution in [2.24, 2.45) is 0 Å². The fourth-order valence-corrected chi connectivity index (χ4v) is 1.96. The summed E-state index contributed by atoms with van der Waals surface area (Å²) >= 11 is 0. The van der Waals surface area contributed by atoms with Crippen molar-refractivity contribution in [2.45, 2.75) is 6.54 Å². The van der Waals surface area contributed by atoms with Crippen molar-refractivity contribution in [3.63, 3.8) is 0 Å². The first-order valence-corrected chi connectivity index (χ1v) is 6.44. The van der Waals surface area contributed by atoms with Gasteiger partial charge in [-0.1, -0.05) is 0 Å². The second kappa shape index (κ2) is 5.66. The standard InChI is InChI=1S/C14H13N3O4/c18-13(9-17-14(19)2-1-5-15-17)16-10-3-4-11-12(8-10)21-7-6-20-11/h1-5,8H,6-7,9H2,(H,16,18). The van der Waals surface area contributed by atoms with E-state index in [1.54, 1.807) is 18.2 Å². The van der Waals surface area contributed by atoms with Crippen LogP contribution in [0.15, 0.2) is 41.3 Å². The Hall–Kier alpha value is -2.83. The van der Waals surface area contributed by atoms with Crippen molar-refractivity contribution >= 4 is 11.6 Å². The van der Waals surface area contributed by atoms with Crippen LogP contribution in [-0.4, -0.2) is 28.9 Å². The molecular weight excluding hydrogens is 274 g/mol. The number of carbonyl (C=O) groups is 1. The molecule has 0 spiro atoms. The van der Waals surface area contributed by atoms with Gasteiger partial charge in [-0.25, -0.2) is 4.68 Å². The first kappa shape index (κ1) is 13.2. The van der Waals surface area contributed by atoms with Gasteiger partial charge >= 0.3 is 0 Å². The van der Waals surface area contributed by atoms with E-state index >= 15 is 0 Å². The van der Waals surface area contributed by atoms with Gasteiger partial charge in [0.25, 0.3) is 5.56 Å². The normalized spacial score (nSPS) is 12.8. The van der Waals surface area contributed by atoms with Gasteiger partial charge in [0.15, 0.2) is 11.5 Å². The molecule has 1 aliphatic rings. The Morgan fingerprint density at radius 1 is 1.24 bits per heavy atom. The number of amides is 1. The van der Waals surface area contributed by atoms with Gasteiger partial charge in [-0.2, -0.15) is 5.10 Å². The van der Waals surface area contributed by atoms with Gasteiger partial charge in [-0.05, 0) is 18.2 Å². The zero-order chi connectivity index (χ0) is 14.7. The van der Waals surface area contributed by atoms with Gasteiger partial charge in [0.05, 0.1) is 0 Å². The second-order valence-electron chi connectivity index (χ2n) is 4.43. The Morgan fingerprint density at radius 3 is 2.86 bits per heavy atom. The largest absolute Gasteiger partial charge is 0.486 e. The molecule has 0 saturated carbocycles. The molecule has 0 aliphatic carbocycles. The predicted molar refractivity (Wildman–Crippen MR) is 74.6 cm³/mol. The molecule has 7 heteroatoms.